The highest BCUT2D eigenvalue weighted by Crippen LogP contribution is 2.20. The normalized spacial score (nSPS) is 12.0. The van der Waals surface area contributed by atoms with Gasteiger partial charge >= 0.3 is 0 Å². The molecule has 1 unspecified atom stereocenters. The van der Waals surface area contributed by atoms with Crippen molar-refractivity contribution in [3.05, 3.63) is 64.7 Å². The molecule has 2 nitrogen and oxygen atoms in total. The van der Waals surface area contributed by atoms with Crippen LogP contribution in [-0.4, -0.2) is 12.9 Å². The number of ether oxygens (including phenoxy) is 1. The number of hydrogen-bond donors (Lipinski definition) is 0. The van der Waals surface area contributed by atoms with E-state index >= 15 is 0 Å². The summed E-state index contributed by atoms with van der Waals surface area (Å²) < 4.78 is 5.90. The van der Waals surface area contributed by atoms with Crippen LogP contribution in [0.4, 0.5) is 0 Å². The van der Waals surface area contributed by atoms with Gasteiger partial charge in [-0.1, -0.05) is 36.8 Å². The molecule has 0 saturated heterocycles. The predicted molar refractivity (Wildman–Crippen MR) is 95.3 cm³/mol. The maximum absolute atomic E-state index is 10.8. The van der Waals surface area contributed by atoms with Gasteiger partial charge in [-0.3, -0.25) is 4.79 Å². The lowest BCUT2D eigenvalue weighted by molar-refractivity contribution is 0.112. The molecule has 0 aliphatic carbocycles. The Balaban J connectivity index is 1.74. The maximum Gasteiger partial charge on any atom is 0.150 e. The molecule has 0 N–H and O–H groups in total. The van der Waals surface area contributed by atoms with E-state index in [1.54, 1.807) is 6.07 Å². The summed E-state index contributed by atoms with van der Waals surface area (Å²) in [6, 6.07) is 14.3. The lowest BCUT2D eigenvalue weighted by atomic mass is 10.0. The lowest BCUT2D eigenvalue weighted by Crippen LogP contribution is -2.09. The first-order valence-electron chi connectivity index (χ1n) is 8.32. The Kier molecular flexibility index (Phi) is 6.40. The summed E-state index contributed by atoms with van der Waals surface area (Å²) in [7, 11) is 0. The molecule has 2 rings (SSSR count). The lowest BCUT2D eigenvalue weighted by Gasteiger charge is -2.15. The Bertz CT molecular complexity index is 646. The smallest absolute Gasteiger partial charge is 0.150 e. The second kappa shape index (κ2) is 8.52. The minimum Gasteiger partial charge on any atom is -0.493 e. The third-order valence-electron chi connectivity index (χ3n) is 4.10. The predicted octanol–water partition coefficient (Wildman–Crippen LogP) is 5.15. The van der Waals surface area contributed by atoms with Gasteiger partial charge in [-0.15, -0.1) is 0 Å². The third kappa shape index (κ3) is 5.55. The molecule has 0 heterocycles. The highest BCUT2D eigenvalue weighted by atomic mass is 16.5. The van der Waals surface area contributed by atoms with Gasteiger partial charge in [0.1, 0.15) is 12.0 Å². The maximum atomic E-state index is 10.8. The second-order valence-electron chi connectivity index (χ2n) is 6.44. The fourth-order valence-corrected chi connectivity index (χ4v) is 2.75. The van der Waals surface area contributed by atoms with Crippen LogP contribution in [0.2, 0.25) is 0 Å². The molecule has 0 amide bonds. The Labute approximate surface area is 139 Å². The van der Waals surface area contributed by atoms with Crippen LogP contribution in [0.25, 0.3) is 0 Å². The Hall–Kier alpha value is -2.09. The van der Waals surface area contributed by atoms with E-state index < -0.39 is 0 Å². The average molecular weight is 310 g/mol. The van der Waals surface area contributed by atoms with E-state index in [1.165, 1.54) is 17.5 Å². The molecule has 0 radical (unpaired) electrons. The van der Waals surface area contributed by atoms with Crippen molar-refractivity contribution in [1.29, 1.82) is 0 Å². The van der Waals surface area contributed by atoms with Crippen molar-refractivity contribution in [3.8, 4) is 5.75 Å². The molecule has 0 aromatic heterocycles. The van der Waals surface area contributed by atoms with Gasteiger partial charge in [-0.25, -0.2) is 0 Å². The van der Waals surface area contributed by atoms with Gasteiger partial charge in [0.05, 0.1) is 6.61 Å². The van der Waals surface area contributed by atoms with Gasteiger partial charge in [0, 0.05) is 5.56 Å². The monoisotopic (exact) mass is 310 g/mol. The number of aryl methyl sites for hydroxylation is 3. The summed E-state index contributed by atoms with van der Waals surface area (Å²) in [5, 5.41) is 0. The molecule has 0 spiro atoms. The average Bonchev–Trinajstić information content (AvgIpc) is 2.53. The SMILES string of the molecule is Cc1cccc(CCCC(C)COc2ccc(C=O)cc2C)c1. The molecule has 0 fully saturated rings. The van der Waals surface area contributed by atoms with E-state index in [0.717, 1.165) is 37.0 Å². The van der Waals surface area contributed by atoms with E-state index in [4.69, 9.17) is 4.74 Å². The summed E-state index contributed by atoms with van der Waals surface area (Å²) in [5.74, 6) is 1.39. The van der Waals surface area contributed by atoms with E-state index in [-0.39, 0.29) is 0 Å². The number of hydrogen-bond acceptors (Lipinski definition) is 2. The van der Waals surface area contributed by atoms with Crippen LogP contribution < -0.4 is 4.74 Å². The fraction of sp³-hybridized carbons (Fsp3) is 0.381. The molecule has 122 valence electrons. The van der Waals surface area contributed by atoms with Crippen molar-refractivity contribution >= 4 is 6.29 Å². The first-order chi connectivity index (χ1) is 11.1. The highest BCUT2D eigenvalue weighted by molar-refractivity contribution is 5.75. The van der Waals surface area contributed by atoms with Gasteiger partial charge in [0.15, 0.2) is 0 Å². The number of aldehydes is 1. The molecule has 1 atom stereocenters. The summed E-state index contributed by atoms with van der Waals surface area (Å²) in [6.45, 7) is 7.06. The molecule has 0 saturated carbocycles. The number of carbonyl (C=O) groups is 1. The Morgan fingerprint density at radius 3 is 2.65 bits per heavy atom. The highest BCUT2D eigenvalue weighted by Gasteiger charge is 2.06. The summed E-state index contributed by atoms with van der Waals surface area (Å²) >= 11 is 0. The van der Waals surface area contributed by atoms with Crippen LogP contribution in [0.5, 0.6) is 5.75 Å². The minimum atomic E-state index is 0.518. The quantitative estimate of drug-likeness (QED) is 0.630. The van der Waals surface area contributed by atoms with Crippen molar-refractivity contribution in [3.63, 3.8) is 0 Å². The van der Waals surface area contributed by atoms with E-state index in [9.17, 15) is 4.79 Å². The zero-order valence-electron chi connectivity index (χ0n) is 14.3. The van der Waals surface area contributed by atoms with Crippen LogP contribution in [0.3, 0.4) is 0 Å². The third-order valence-corrected chi connectivity index (χ3v) is 4.10. The zero-order valence-corrected chi connectivity index (χ0v) is 14.3. The standard InChI is InChI=1S/C21H26O2/c1-16-6-4-8-19(12-16)9-5-7-17(2)15-23-21-11-10-20(14-22)13-18(21)3/h4,6,8,10-14,17H,5,7,9,15H2,1-3H3. The molecule has 2 heteroatoms. The summed E-state index contributed by atoms with van der Waals surface area (Å²) in [5.41, 5.74) is 4.45. The molecule has 0 aliphatic rings. The largest absolute Gasteiger partial charge is 0.493 e. The van der Waals surface area contributed by atoms with Gasteiger partial charge in [-0.2, -0.15) is 0 Å². The topological polar surface area (TPSA) is 26.3 Å². The van der Waals surface area contributed by atoms with Crippen LogP contribution in [0.1, 0.15) is 46.8 Å². The van der Waals surface area contributed by atoms with E-state index in [1.807, 2.05) is 19.1 Å². The van der Waals surface area contributed by atoms with Crippen molar-refractivity contribution < 1.29 is 9.53 Å². The molecule has 0 aliphatic heterocycles. The van der Waals surface area contributed by atoms with E-state index in [2.05, 4.69) is 38.1 Å². The molecular formula is C21H26O2. The van der Waals surface area contributed by atoms with Gasteiger partial charge in [0.2, 0.25) is 0 Å². The number of carbonyl (C=O) groups excluding carboxylic acids is 1. The van der Waals surface area contributed by atoms with Crippen LogP contribution >= 0.6 is 0 Å². The Morgan fingerprint density at radius 2 is 1.96 bits per heavy atom. The molecule has 0 bridgehead atoms. The summed E-state index contributed by atoms with van der Waals surface area (Å²) in [6.07, 6.45) is 4.32. The first kappa shape index (κ1) is 17.3. The van der Waals surface area contributed by atoms with Crippen LogP contribution in [0, 0.1) is 19.8 Å². The van der Waals surface area contributed by atoms with Crippen molar-refractivity contribution in [2.45, 2.75) is 40.0 Å². The van der Waals surface area contributed by atoms with E-state index in [0.29, 0.717) is 11.5 Å². The first-order valence-corrected chi connectivity index (χ1v) is 8.32. The molecule has 2 aromatic carbocycles. The van der Waals surface area contributed by atoms with Crippen molar-refractivity contribution in [2.24, 2.45) is 5.92 Å². The number of benzene rings is 2. The summed E-state index contributed by atoms with van der Waals surface area (Å²) in [4.78, 5) is 10.8. The van der Waals surface area contributed by atoms with Crippen LogP contribution in [-0.2, 0) is 6.42 Å². The van der Waals surface area contributed by atoms with Crippen LogP contribution in [0.15, 0.2) is 42.5 Å². The zero-order chi connectivity index (χ0) is 16.7. The van der Waals surface area contributed by atoms with Gasteiger partial charge in [-0.05, 0) is 68.4 Å². The molecule has 23 heavy (non-hydrogen) atoms. The van der Waals surface area contributed by atoms with Crippen molar-refractivity contribution in [2.75, 3.05) is 6.61 Å². The van der Waals surface area contributed by atoms with Gasteiger partial charge in [0.25, 0.3) is 0 Å². The van der Waals surface area contributed by atoms with Gasteiger partial charge < -0.3 is 4.74 Å². The Morgan fingerprint density at radius 1 is 1.13 bits per heavy atom. The number of rotatable bonds is 8. The second-order valence-corrected chi connectivity index (χ2v) is 6.44. The molecular weight excluding hydrogens is 284 g/mol. The fourth-order valence-electron chi connectivity index (χ4n) is 2.75. The minimum absolute atomic E-state index is 0.518. The molecule has 2 aromatic rings. The van der Waals surface area contributed by atoms with Crippen molar-refractivity contribution in [1.82, 2.24) is 0 Å².